The fourth-order valence-electron chi connectivity index (χ4n) is 6.23. The van der Waals surface area contributed by atoms with E-state index in [2.05, 4.69) is 12.1 Å². The highest BCUT2D eigenvalue weighted by Gasteiger charge is 2.24. The lowest BCUT2D eigenvalue weighted by Crippen LogP contribution is -2.39. The van der Waals surface area contributed by atoms with Crippen LogP contribution in [0.1, 0.15) is 0 Å². The number of rotatable bonds is 34. The predicted molar refractivity (Wildman–Crippen MR) is 259 cm³/mol. The maximum atomic E-state index is 10.1. The summed E-state index contributed by atoms with van der Waals surface area (Å²) in [6.45, 7) is 0.975. The van der Waals surface area contributed by atoms with E-state index in [4.69, 9.17) is 47.4 Å². The van der Waals surface area contributed by atoms with Gasteiger partial charge in [0.25, 0.3) is 0 Å². The Morgan fingerprint density at radius 2 is 0.567 bits per heavy atom. The Hall–Kier alpha value is -5.61. The third-order valence-electron chi connectivity index (χ3n) is 9.88. The van der Waals surface area contributed by atoms with Crippen LogP contribution in [0, 0.1) is 0 Å². The average molecular weight is 935 g/mol. The molecule has 0 bridgehead atoms. The summed E-state index contributed by atoms with van der Waals surface area (Å²) >= 11 is 1.70. The van der Waals surface area contributed by atoms with Crippen molar-refractivity contribution in [2.24, 2.45) is 0 Å². The first-order valence-corrected chi connectivity index (χ1v) is 23.5. The quantitative estimate of drug-likeness (QED) is 0.0376. The van der Waals surface area contributed by atoms with Gasteiger partial charge in [0.05, 0.1) is 39.6 Å². The van der Waals surface area contributed by atoms with Crippen LogP contribution in [-0.2, 0) is 23.7 Å². The maximum absolute atomic E-state index is 10.1. The molecule has 0 aliphatic rings. The molecule has 356 valence electrons. The van der Waals surface area contributed by atoms with Gasteiger partial charge < -0.3 is 57.6 Å². The molecule has 0 saturated carbocycles. The third kappa shape index (κ3) is 20.8. The number of para-hydroxylation sites is 5. The highest BCUT2D eigenvalue weighted by molar-refractivity contribution is 7.99. The van der Waals surface area contributed by atoms with E-state index in [-0.39, 0.29) is 65.6 Å². The van der Waals surface area contributed by atoms with Crippen LogP contribution in [0.4, 0.5) is 0 Å². The van der Waals surface area contributed by atoms with Gasteiger partial charge in [-0.15, -0.1) is 11.8 Å². The summed E-state index contributed by atoms with van der Waals surface area (Å²) < 4.78 is 63.1. The van der Waals surface area contributed by atoms with Crippen LogP contribution in [0.25, 0.3) is 0 Å². The molecule has 0 fully saturated rings. The van der Waals surface area contributed by atoms with Crippen molar-refractivity contribution in [3.05, 3.63) is 182 Å². The molecule has 0 amide bonds. The first kappa shape index (κ1) is 50.8. The minimum Gasteiger partial charge on any atom is -0.491 e. The molecule has 6 atom stereocenters. The second kappa shape index (κ2) is 30.6. The monoisotopic (exact) mass is 934 g/mol. The number of thioether (sulfide) groups is 1. The molecule has 6 rings (SSSR count). The van der Waals surface area contributed by atoms with Gasteiger partial charge in [-0.1, -0.05) is 109 Å². The van der Waals surface area contributed by atoms with E-state index in [0.29, 0.717) is 35.4 Å². The molecular weight excluding hydrogens is 873 g/mol. The first-order chi connectivity index (χ1) is 33.1. The van der Waals surface area contributed by atoms with Crippen molar-refractivity contribution in [3.63, 3.8) is 0 Å². The van der Waals surface area contributed by atoms with E-state index in [1.165, 1.54) is 0 Å². The molecule has 0 heterocycles. The second-order valence-corrected chi connectivity index (χ2v) is 16.5. The largest absolute Gasteiger partial charge is 0.491 e. The van der Waals surface area contributed by atoms with Gasteiger partial charge in [0, 0.05) is 10.6 Å². The molecule has 0 aliphatic heterocycles. The molecule has 0 radical (unpaired) electrons. The molecule has 0 aromatic heterocycles. The van der Waals surface area contributed by atoms with Crippen molar-refractivity contribution in [1.29, 1.82) is 0 Å². The zero-order valence-corrected chi connectivity index (χ0v) is 38.5. The normalized spacial score (nSPS) is 13.9. The van der Waals surface area contributed by atoms with Gasteiger partial charge in [0.1, 0.15) is 98.4 Å². The Balaban J connectivity index is 1.14. The number of aliphatic hydroxyl groups is 2. The number of aliphatic hydroxyl groups excluding tert-OH is 2. The first-order valence-electron chi connectivity index (χ1n) is 22.5. The zero-order chi connectivity index (χ0) is 46.4. The highest BCUT2D eigenvalue weighted by atomic mass is 32.2. The molecule has 12 nitrogen and oxygen atoms in total. The average Bonchev–Trinajstić information content (AvgIpc) is 3.39. The molecular formula is C54H62O12S. The summed E-state index contributed by atoms with van der Waals surface area (Å²) in [5.41, 5.74) is 0. The van der Waals surface area contributed by atoms with Crippen molar-refractivity contribution < 1.29 is 57.6 Å². The summed E-state index contributed by atoms with van der Waals surface area (Å²) in [5.74, 6) is 4.14. The van der Waals surface area contributed by atoms with Crippen molar-refractivity contribution in [1.82, 2.24) is 0 Å². The number of ether oxygens (including phenoxy) is 10. The Morgan fingerprint density at radius 1 is 0.313 bits per heavy atom. The minimum absolute atomic E-state index is 0.0762. The third-order valence-corrected chi connectivity index (χ3v) is 11.0. The van der Waals surface area contributed by atoms with Gasteiger partial charge in [0.2, 0.25) is 0 Å². The summed E-state index contributed by atoms with van der Waals surface area (Å²) in [6, 6.07) is 57.8. The van der Waals surface area contributed by atoms with Gasteiger partial charge in [-0.2, -0.15) is 0 Å². The van der Waals surface area contributed by atoms with Crippen LogP contribution in [-0.4, -0.2) is 125 Å². The van der Waals surface area contributed by atoms with Gasteiger partial charge in [-0.25, -0.2) is 0 Å². The fourth-order valence-corrected chi connectivity index (χ4v) is 7.15. The van der Waals surface area contributed by atoms with E-state index in [1.54, 1.807) is 11.8 Å². The zero-order valence-electron chi connectivity index (χ0n) is 37.7. The lowest BCUT2D eigenvalue weighted by molar-refractivity contribution is -0.131. The van der Waals surface area contributed by atoms with Gasteiger partial charge in [0.15, 0.2) is 0 Å². The SMILES string of the molecule is OCC(O)COC(COc1ccccc1)COC(COc1ccccc1)COC(COc1ccccc1)COC(COc1ccccc1)COC(COc1ccccc1)CSc1ccccc1. The van der Waals surface area contributed by atoms with E-state index in [9.17, 15) is 10.2 Å². The molecule has 0 aliphatic carbocycles. The topological polar surface area (TPSA) is 133 Å². The van der Waals surface area contributed by atoms with E-state index in [0.717, 1.165) is 10.6 Å². The van der Waals surface area contributed by atoms with Gasteiger partial charge >= 0.3 is 0 Å². The standard InChI is InChI=1S/C54H62O12S/c55-31-43(56)32-57-49(33-58-44-19-7-1-8-20-44)37-63-50(34-59-45-21-9-2-10-22-45)38-64-51(35-60-46-23-11-3-12-24-46)39-65-52(36-61-47-25-13-4-14-26-47)40-66-53(41-62-48-27-15-5-16-28-48)42-67-54-29-17-6-18-30-54/h1-30,43,49-53,55-56H,31-42H2. The predicted octanol–water partition coefficient (Wildman–Crippen LogP) is 8.45. The van der Waals surface area contributed by atoms with Crippen LogP contribution >= 0.6 is 11.8 Å². The van der Waals surface area contributed by atoms with Crippen LogP contribution in [0.5, 0.6) is 28.7 Å². The number of hydrogen-bond acceptors (Lipinski definition) is 13. The molecule has 2 N–H and O–H groups in total. The van der Waals surface area contributed by atoms with Crippen LogP contribution in [0.2, 0.25) is 0 Å². The Kier molecular flexibility index (Phi) is 23.2. The Bertz CT molecular complexity index is 2070. The van der Waals surface area contributed by atoms with Crippen molar-refractivity contribution >= 4 is 11.8 Å². The van der Waals surface area contributed by atoms with Crippen LogP contribution < -0.4 is 23.7 Å². The molecule has 0 saturated heterocycles. The fraction of sp³-hybridized carbons (Fsp3) is 0.333. The van der Waals surface area contributed by atoms with Crippen molar-refractivity contribution in [3.8, 4) is 28.7 Å². The minimum atomic E-state index is -1.06. The second-order valence-electron chi connectivity index (χ2n) is 15.4. The van der Waals surface area contributed by atoms with E-state index >= 15 is 0 Å². The number of hydrogen-bond donors (Lipinski definition) is 2. The molecule has 6 aromatic carbocycles. The van der Waals surface area contributed by atoms with Crippen molar-refractivity contribution in [2.45, 2.75) is 41.5 Å². The molecule has 13 heteroatoms. The lowest BCUT2D eigenvalue weighted by atomic mass is 10.3. The molecule has 0 spiro atoms. The van der Waals surface area contributed by atoms with E-state index in [1.807, 2.05) is 170 Å². The summed E-state index contributed by atoms with van der Waals surface area (Å²) in [5, 5.41) is 19.6. The van der Waals surface area contributed by atoms with Gasteiger partial charge in [-0.05, 0) is 72.8 Å². The van der Waals surface area contributed by atoms with Gasteiger partial charge in [-0.3, -0.25) is 0 Å². The van der Waals surface area contributed by atoms with E-state index < -0.39 is 37.1 Å². The molecule has 6 aromatic rings. The van der Waals surface area contributed by atoms with Crippen LogP contribution in [0.3, 0.4) is 0 Å². The van der Waals surface area contributed by atoms with Crippen LogP contribution in [0.15, 0.2) is 187 Å². The molecule has 6 unspecified atom stereocenters. The lowest BCUT2D eigenvalue weighted by Gasteiger charge is -2.27. The highest BCUT2D eigenvalue weighted by Crippen LogP contribution is 2.21. The summed E-state index contributed by atoms with van der Waals surface area (Å²) in [4.78, 5) is 1.13. The Labute approximate surface area is 398 Å². The summed E-state index contributed by atoms with van der Waals surface area (Å²) in [7, 11) is 0. The smallest absolute Gasteiger partial charge is 0.119 e. The van der Waals surface area contributed by atoms with Crippen molar-refractivity contribution in [2.75, 3.05) is 78.4 Å². The Morgan fingerprint density at radius 3 is 0.866 bits per heavy atom. The molecule has 67 heavy (non-hydrogen) atoms. The summed E-state index contributed by atoms with van der Waals surface area (Å²) in [6.07, 6.45) is -3.59. The maximum Gasteiger partial charge on any atom is 0.119 e. The number of benzene rings is 6.